The lowest BCUT2D eigenvalue weighted by Gasteiger charge is -2.25. The molecule has 8 heteroatoms. The van der Waals surface area contributed by atoms with Crippen LogP contribution in [0, 0.1) is 0 Å². The minimum Gasteiger partial charge on any atom is -0.339 e. The monoisotopic (exact) mass is 519 g/mol. The lowest BCUT2D eigenvalue weighted by molar-refractivity contribution is -0.114. The molecular formula is C29H33N3O4S. The number of nitrogens with zero attached hydrogens (tertiary/aromatic N) is 2. The molecule has 194 valence electrons. The quantitative estimate of drug-likeness (QED) is 0.449. The van der Waals surface area contributed by atoms with Crippen molar-refractivity contribution in [1.29, 1.82) is 0 Å². The highest BCUT2D eigenvalue weighted by atomic mass is 32.2. The van der Waals surface area contributed by atoms with E-state index in [0.29, 0.717) is 30.0 Å². The maximum Gasteiger partial charge on any atom is 0.264 e. The summed E-state index contributed by atoms with van der Waals surface area (Å²) in [6.07, 6.45) is 4.95. The number of rotatable bonds is 8. The highest BCUT2D eigenvalue weighted by Gasteiger charge is 2.28. The summed E-state index contributed by atoms with van der Waals surface area (Å²) in [6, 6.07) is 22.1. The molecule has 0 bridgehead atoms. The molecule has 4 rings (SSSR count). The van der Waals surface area contributed by atoms with E-state index in [-0.39, 0.29) is 10.8 Å². The van der Waals surface area contributed by atoms with Gasteiger partial charge in [0.05, 0.1) is 21.8 Å². The summed E-state index contributed by atoms with van der Waals surface area (Å²) in [5, 5.41) is 2.80. The fourth-order valence-corrected chi connectivity index (χ4v) is 5.92. The van der Waals surface area contributed by atoms with Crippen LogP contribution in [0.25, 0.3) is 0 Å². The van der Waals surface area contributed by atoms with Crippen LogP contribution < -0.4 is 9.62 Å². The van der Waals surface area contributed by atoms with Crippen molar-refractivity contribution in [1.82, 2.24) is 4.90 Å². The van der Waals surface area contributed by atoms with Gasteiger partial charge in [0.25, 0.3) is 15.9 Å². The normalized spacial score (nSPS) is 14.0. The number of nitrogens with one attached hydrogen (secondary N) is 1. The molecule has 0 atom stereocenters. The molecule has 2 amide bonds. The van der Waals surface area contributed by atoms with Crippen molar-refractivity contribution in [3.8, 4) is 0 Å². The summed E-state index contributed by atoms with van der Waals surface area (Å²) in [5.41, 5.74) is 2.24. The highest BCUT2D eigenvalue weighted by molar-refractivity contribution is 7.92. The van der Waals surface area contributed by atoms with E-state index in [1.165, 1.54) is 12.1 Å². The Hall–Kier alpha value is -3.65. The SMILES string of the molecule is CCc1ccc(N(CC(=O)Nc2ccccc2C(=O)N2CCCCCC2)S(=O)(=O)c2ccccc2)cc1. The van der Waals surface area contributed by atoms with Crippen LogP contribution in [0.15, 0.2) is 83.8 Å². The number of hydrogen-bond acceptors (Lipinski definition) is 4. The number of carbonyl (C=O) groups is 2. The summed E-state index contributed by atoms with van der Waals surface area (Å²) in [6.45, 7) is 2.97. The molecule has 0 aliphatic carbocycles. The van der Waals surface area contributed by atoms with Crippen molar-refractivity contribution in [3.63, 3.8) is 0 Å². The summed E-state index contributed by atoms with van der Waals surface area (Å²) < 4.78 is 28.3. The van der Waals surface area contributed by atoms with Crippen LogP contribution in [-0.4, -0.2) is 44.8 Å². The van der Waals surface area contributed by atoms with E-state index in [4.69, 9.17) is 0 Å². The van der Waals surface area contributed by atoms with E-state index < -0.39 is 22.5 Å². The van der Waals surface area contributed by atoms with Gasteiger partial charge in [-0.25, -0.2) is 8.42 Å². The maximum absolute atomic E-state index is 13.6. The van der Waals surface area contributed by atoms with Gasteiger partial charge >= 0.3 is 0 Å². The molecule has 0 saturated carbocycles. The number of sulfonamides is 1. The predicted molar refractivity (Wildman–Crippen MR) is 146 cm³/mol. The summed E-state index contributed by atoms with van der Waals surface area (Å²) in [4.78, 5) is 28.5. The zero-order valence-electron chi connectivity index (χ0n) is 21.1. The lowest BCUT2D eigenvalue weighted by atomic mass is 10.1. The molecule has 3 aromatic rings. The van der Waals surface area contributed by atoms with Gasteiger partial charge in [-0.1, -0.05) is 62.2 Å². The van der Waals surface area contributed by atoms with Crippen LogP contribution in [0.2, 0.25) is 0 Å². The van der Waals surface area contributed by atoms with Crippen LogP contribution in [-0.2, 0) is 21.2 Å². The Morgan fingerprint density at radius 3 is 2.11 bits per heavy atom. The van der Waals surface area contributed by atoms with Crippen molar-refractivity contribution in [2.24, 2.45) is 0 Å². The molecule has 0 unspecified atom stereocenters. The van der Waals surface area contributed by atoms with E-state index >= 15 is 0 Å². The summed E-state index contributed by atoms with van der Waals surface area (Å²) in [7, 11) is -4.01. The zero-order valence-corrected chi connectivity index (χ0v) is 21.9. The van der Waals surface area contributed by atoms with Gasteiger partial charge in [0.15, 0.2) is 0 Å². The fraction of sp³-hybridized carbons (Fsp3) is 0.310. The lowest BCUT2D eigenvalue weighted by Crippen LogP contribution is -2.38. The molecule has 1 aliphatic rings. The van der Waals surface area contributed by atoms with E-state index in [1.54, 1.807) is 54.6 Å². The summed E-state index contributed by atoms with van der Waals surface area (Å²) in [5.74, 6) is -0.656. The maximum atomic E-state index is 13.6. The number of hydrogen-bond donors (Lipinski definition) is 1. The van der Waals surface area contributed by atoms with Crippen LogP contribution >= 0.6 is 0 Å². The minimum absolute atomic E-state index is 0.0964. The van der Waals surface area contributed by atoms with Gasteiger partial charge in [0.2, 0.25) is 5.91 Å². The molecule has 3 aromatic carbocycles. The van der Waals surface area contributed by atoms with Gasteiger partial charge in [0, 0.05) is 13.1 Å². The highest BCUT2D eigenvalue weighted by Crippen LogP contribution is 2.25. The van der Waals surface area contributed by atoms with Crippen molar-refractivity contribution in [2.45, 2.75) is 43.9 Å². The first-order valence-electron chi connectivity index (χ1n) is 12.7. The molecule has 1 N–H and O–H groups in total. The Labute approximate surface area is 219 Å². The van der Waals surface area contributed by atoms with Gasteiger partial charge in [-0.05, 0) is 61.2 Å². The Bertz CT molecular complexity index is 1320. The molecule has 0 aromatic heterocycles. The van der Waals surface area contributed by atoms with Crippen LogP contribution in [0.3, 0.4) is 0 Å². The zero-order chi connectivity index (χ0) is 26.3. The van der Waals surface area contributed by atoms with E-state index in [9.17, 15) is 18.0 Å². The number of anilines is 2. The third kappa shape index (κ3) is 6.38. The standard InChI is InChI=1S/C29H33N3O4S/c1-2-23-16-18-24(19-17-23)32(37(35,36)25-12-6-5-7-13-25)22-28(33)30-27-15-9-8-14-26(27)29(34)31-20-10-3-4-11-21-31/h5-9,12-19H,2-4,10-11,20-22H2,1H3,(H,30,33). The predicted octanol–water partition coefficient (Wildman–Crippen LogP) is 5.10. The molecule has 0 radical (unpaired) electrons. The van der Waals surface area contributed by atoms with Gasteiger partial charge in [-0.2, -0.15) is 0 Å². The molecule has 1 aliphatic heterocycles. The first-order valence-corrected chi connectivity index (χ1v) is 14.2. The average Bonchev–Trinajstić information content (AvgIpc) is 3.22. The van der Waals surface area contributed by atoms with Crippen LogP contribution in [0.1, 0.15) is 48.5 Å². The first-order chi connectivity index (χ1) is 17.9. The van der Waals surface area contributed by atoms with E-state index in [1.807, 2.05) is 24.0 Å². The number of benzene rings is 3. The smallest absolute Gasteiger partial charge is 0.264 e. The van der Waals surface area contributed by atoms with E-state index in [0.717, 1.165) is 42.0 Å². The minimum atomic E-state index is -4.01. The molecule has 1 saturated heterocycles. The topological polar surface area (TPSA) is 86.8 Å². The second-order valence-electron chi connectivity index (χ2n) is 9.14. The second kappa shape index (κ2) is 12.1. The third-order valence-corrected chi connectivity index (χ3v) is 8.36. The van der Waals surface area contributed by atoms with Crippen LogP contribution in [0.5, 0.6) is 0 Å². The van der Waals surface area contributed by atoms with Crippen molar-refractivity contribution < 1.29 is 18.0 Å². The largest absolute Gasteiger partial charge is 0.339 e. The Morgan fingerprint density at radius 1 is 0.838 bits per heavy atom. The van der Waals surface area contributed by atoms with Crippen LogP contribution in [0.4, 0.5) is 11.4 Å². The molecule has 1 heterocycles. The van der Waals surface area contributed by atoms with Gasteiger partial charge in [0.1, 0.15) is 6.54 Å². The number of carbonyl (C=O) groups excluding carboxylic acids is 2. The molecule has 0 spiro atoms. The fourth-order valence-electron chi connectivity index (χ4n) is 4.48. The van der Waals surface area contributed by atoms with Gasteiger partial charge < -0.3 is 10.2 Å². The number of amides is 2. The number of likely N-dealkylation sites (tertiary alicyclic amines) is 1. The Balaban J connectivity index is 1.60. The first kappa shape index (κ1) is 26.4. The molecule has 7 nitrogen and oxygen atoms in total. The second-order valence-corrected chi connectivity index (χ2v) is 11.0. The third-order valence-electron chi connectivity index (χ3n) is 6.58. The molecule has 1 fully saturated rings. The number of aryl methyl sites for hydroxylation is 1. The van der Waals surface area contributed by atoms with Gasteiger partial charge in [-0.3, -0.25) is 13.9 Å². The molecule has 37 heavy (non-hydrogen) atoms. The van der Waals surface area contributed by atoms with Crippen molar-refractivity contribution in [3.05, 3.63) is 90.0 Å². The van der Waals surface area contributed by atoms with E-state index in [2.05, 4.69) is 5.32 Å². The summed E-state index contributed by atoms with van der Waals surface area (Å²) >= 11 is 0. The Kier molecular flexibility index (Phi) is 8.61. The van der Waals surface area contributed by atoms with Gasteiger partial charge in [-0.15, -0.1) is 0 Å². The number of para-hydroxylation sites is 1. The van der Waals surface area contributed by atoms with Crippen molar-refractivity contribution in [2.75, 3.05) is 29.3 Å². The van der Waals surface area contributed by atoms with Crippen molar-refractivity contribution >= 4 is 33.2 Å². The molecular weight excluding hydrogens is 486 g/mol. The average molecular weight is 520 g/mol. The Morgan fingerprint density at radius 2 is 1.46 bits per heavy atom.